The highest BCUT2D eigenvalue weighted by Crippen LogP contribution is 2.35. The molecule has 0 aliphatic carbocycles. The Labute approximate surface area is 193 Å². The monoisotopic (exact) mass is 475 g/mol. The first kappa shape index (κ1) is 24.7. The van der Waals surface area contributed by atoms with E-state index in [0.29, 0.717) is 38.2 Å². The van der Waals surface area contributed by atoms with E-state index in [1.165, 1.54) is 18.5 Å². The zero-order valence-corrected chi connectivity index (χ0v) is 20.1. The minimum absolute atomic E-state index is 0.0602. The van der Waals surface area contributed by atoms with Gasteiger partial charge in [-0.25, -0.2) is 13.4 Å². The average molecular weight is 476 g/mol. The molecule has 0 atom stereocenters. The van der Waals surface area contributed by atoms with Gasteiger partial charge in [-0.1, -0.05) is 20.8 Å². The lowest BCUT2D eigenvalue weighted by Gasteiger charge is -2.32. The van der Waals surface area contributed by atoms with Gasteiger partial charge in [-0.2, -0.15) is 4.98 Å². The van der Waals surface area contributed by atoms with Crippen LogP contribution in [-0.4, -0.2) is 61.1 Å². The Bertz CT molecular complexity index is 1100. The van der Waals surface area contributed by atoms with Crippen LogP contribution in [0.2, 0.25) is 0 Å². The summed E-state index contributed by atoms with van der Waals surface area (Å²) in [5, 5.41) is 6.01. The second-order valence-electron chi connectivity index (χ2n) is 9.16. The average Bonchev–Trinajstić information content (AvgIpc) is 2.74. The van der Waals surface area contributed by atoms with Crippen molar-refractivity contribution < 1.29 is 17.9 Å². The number of sulfone groups is 1. The number of nitrogens with one attached hydrogen (secondary N) is 1. The van der Waals surface area contributed by atoms with E-state index in [9.17, 15) is 18.1 Å². The van der Waals surface area contributed by atoms with Crippen molar-refractivity contribution in [1.29, 1.82) is 0 Å². The molecule has 3 rings (SSSR count). The minimum Gasteiger partial charge on any atom is -0.472 e. The number of aromatic nitrogens is 2. The quantitative estimate of drug-likeness (QED) is 0.570. The van der Waals surface area contributed by atoms with Crippen molar-refractivity contribution in [2.45, 2.75) is 44.6 Å². The van der Waals surface area contributed by atoms with Crippen LogP contribution in [0.4, 0.5) is 17.2 Å². The number of nitroso groups, excluding NO2 is 1. The van der Waals surface area contributed by atoms with Gasteiger partial charge < -0.3 is 10.1 Å². The molecule has 0 amide bonds. The first-order valence-corrected chi connectivity index (χ1v) is 12.5. The van der Waals surface area contributed by atoms with Crippen molar-refractivity contribution in [3.05, 3.63) is 35.5 Å². The lowest BCUT2D eigenvalue weighted by Crippen LogP contribution is -2.43. The molecule has 0 radical (unpaired) electrons. The van der Waals surface area contributed by atoms with E-state index >= 15 is 0 Å². The summed E-state index contributed by atoms with van der Waals surface area (Å²) in [7, 11) is -3.31. The van der Waals surface area contributed by atoms with Gasteiger partial charge in [-0.3, -0.25) is 9.69 Å². The predicted molar refractivity (Wildman–Crippen MR) is 125 cm³/mol. The van der Waals surface area contributed by atoms with Crippen molar-refractivity contribution in [2.75, 3.05) is 31.2 Å². The van der Waals surface area contributed by atoms with Crippen molar-refractivity contribution in [2.24, 2.45) is 10.6 Å². The van der Waals surface area contributed by atoms with Gasteiger partial charge in [0.25, 0.3) is 0 Å². The molecule has 1 fully saturated rings. The summed E-state index contributed by atoms with van der Waals surface area (Å²) in [5.41, 5.74) is 0.108. The zero-order chi connectivity index (χ0) is 24.2. The largest absolute Gasteiger partial charge is 0.472 e. The molecule has 10 nitrogen and oxygen atoms in total. The molecule has 1 aromatic heterocycles. The number of benzene rings is 1. The number of nitrogens with zero attached hydrogens (tertiary/aromatic N) is 4. The number of rotatable bonds is 8. The first-order valence-electron chi connectivity index (χ1n) is 10.6. The van der Waals surface area contributed by atoms with Crippen LogP contribution < -0.4 is 10.1 Å². The van der Waals surface area contributed by atoms with Crippen LogP contribution >= 0.6 is 0 Å². The molecule has 1 saturated heterocycles. The van der Waals surface area contributed by atoms with Gasteiger partial charge in [-0.05, 0) is 42.3 Å². The Morgan fingerprint density at radius 2 is 1.82 bits per heavy atom. The van der Waals surface area contributed by atoms with E-state index in [0.717, 1.165) is 6.26 Å². The standard InChI is InChI=1S/C22H29N5O5S/c1-22(2,3)18(28)13-27-11-9-16(10-12-27)32-21-19(26-29)20(23-14-24-21)25-15-5-7-17(8-6-15)33(4,30)31/h5-8,14,16H,9-13H2,1-4H3,(H,23,24,25). The highest BCUT2D eigenvalue weighted by atomic mass is 32.2. The van der Waals surface area contributed by atoms with Gasteiger partial charge in [-0.15, -0.1) is 4.91 Å². The predicted octanol–water partition coefficient (Wildman–Crippen LogP) is 3.48. The normalized spacial score (nSPS) is 15.8. The summed E-state index contributed by atoms with van der Waals surface area (Å²) in [5.74, 6) is 0.445. The molecule has 0 bridgehead atoms. The minimum atomic E-state index is -3.31. The third-order valence-corrected chi connectivity index (χ3v) is 6.57. The van der Waals surface area contributed by atoms with Crippen molar-refractivity contribution in [3.63, 3.8) is 0 Å². The van der Waals surface area contributed by atoms with Gasteiger partial charge in [0.05, 0.1) is 11.4 Å². The Kier molecular flexibility index (Phi) is 7.43. The number of ether oxygens (including phenoxy) is 1. The summed E-state index contributed by atoms with van der Waals surface area (Å²) in [4.78, 5) is 34.3. The molecule has 0 spiro atoms. The van der Waals surface area contributed by atoms with Crippen molar-refractivity contribution in [3.8, 4) is 5.88 Å². The third kappa shape index (κ3) is 6.55. The Hall–Kier alpha value is -2.92. The van der Waals surface area contributed by atoms with Crippen LogP contribution in [0, 0.1) is 10.3 Å². The molecule has 33 heavy (non-hydrogen) atoms. The molecule has 1 aliphatic rings. The van der Waals surface area contributed by atoms with Gasteiger partial charge in [0.2, 0.25) is 11.6 Å². The SMILES string of the molecule is CC(C)(C)C(=O)CN1CCC(Oc2ncnc(Nc3ccc(S(C)(=O)=O)cc3)c2N=O)CC1. The number of likely N-dealkylation sites (tertiary alicyclic amines) is 1. The molecular weight excluding hydrogens is 446 g/mol. The molecule has 0 unspecified atom stereocenters. The van der Waals surface area contributed by atoms with Crippen LogP contribution in [0.15, 0.2) is 40.7 Å². The van der Waals surface area contributed by atoms with Crippen LogP contribution in [0.5, 0.6) is 5.88 Å². The Morgan fingerprint density at radius 3 is 2.36 bits per heavy atom. The van der Waals surface area contributed by atoms with E-state index < -0.39 is 9.84 Å². The molecule has 11 heteroatoms. The van der Waals surface area contributed by atoms with Gasteiger partial charge in [0, 0.05) is 30.4 Å². The van der Waals surface area contributed by atoms with Crippen LogP contribution in [0.25, 0.3) is 0 Å². The fourth-order valence-electron chi connectivity index (χ4n) is 3.33. The lowest BCUT2D eigenvalue weighted by atomic mass is 9.90. The summed E-state index contributed by atoms with van der Waals surface area (Å²) < 4.78 is 29.2. The van der Waals surface area contributed by atoms with E-state index in [1.807, 2.05) is 20.8 Å². The highest BCUT2D eigenvalue weighted by Gasteiger charge is 2.28. The Morgan fingerprint density at radius 1 is 1.18 bits per heavy atom. The summed E-state index contributed by atoms with van der Waals surface area (Å²) in [6.45, 7) is 7.58. The highest BCUT2D eigenvalue weighted by molar-refractivity contribution is 7.90. The third-order valence-electron chi connectivity index (χ3n) is 5.44. The van der Waals surface area contributed by atoms with Gasteiger partial charge in [0.15, 0.2) is 21.4 Å². The van der Waals surface area contributed by atoms with E-state index in [1.54, 1.807) is 12.1 Å². The van der Waals surface area contributed by atoms with Crippen molar-refractivity contribution >= 4 is 32.8 Å². The Balaban J connectivity index is 1.65. The summed E-state index contributed by atoms with van der Waals surface area (Å²) >= 11 is 0. The van der Waals surface area contributed by atoms with Crippen LogP contribution in [-0.2, 0) is 14.6 Å². The number of carbonyl (C=O) groups is 1. The number of anilines is 2. The molecular formula is C22H29N5O5S. The number of ketones is 1. The maximum absolute atomic E-state index is 12.3. The smallest absolute Gasteiger partial charge is 0.249 e. The molecule has 178 valence electrons. The second kappa shape index (κ2) is 9.92. The fraction of sp³-hybridized carbons (Fsp3) is 0.500. The number of Topliss-reactive ketones (excluding diaryl/α,β-unsaturated/α-hetero) is 1. The number of carbonyl (C=O) groups excluding carboxylic acids is 1. The number of hydrogen-bond donors (Lipinski definition) is 1. The molecule has 1 aliphatic heterocycles. The second-order valence-corrected chi connectivity index (χ2v) is 11.2. The topological polar surface area (TPSA) is 131 Å². The van der Waals surface area contributed by atoms with E-state index in [4.69, 9.17) is 4.74 Å². The van der Waals surface area contributed by atoms with E-state index in [-0.39, 0.29) is 39.6 Å². The van der Waals surface area contributed by atoms with Crippen molar-refractivity contribution in [1.82, 2.24) is 14.9 Å². The maximum atomic E-state index is 12.3. The number of hydrogen-bond acceptors (Lipinski definition) is 10. The fourth-order valence-corrected chi connectivity index (χ4v) is 3.96. The van der Waals surface area contributed by atoms with E-state index in [2.05, 4.69) is 25.4 Å². The van der Waals surface area contributed by atoms with Gasteiger partial charge >= 0.3 is 0 Å². The summed E-state index contributed by atoms with van der Waals surface area (Å²) in [6, 6.07) is 6.06. The molecule has 2 heterocycles. The van der Waals surface area contributed by atoms with Crippen LogP contribution in [0.1, 0.15) is 33.6 Å². The van der Waals surface area contributed by atoms with Gasteiger partial charge in [0.1, 0.15) is 12.4 Å². The number of piperidine rings is 1. The zero-order valence-electron chi connectivity index (χ0n) is 19.2. The summed E-state index contributed by atoms with van der Waals surface area (Å²) in [6.07, 6.45) is 3.62. The molecule has 2 aromatic rings. The lowest BCUT2D eigenvalue weighted by molar-refractivity contribution is -0.127. The molecule has 0 saturated carbocycles. The molecule has 1 N–H and O–H groups in total. The van der Waals surface area contributed by atoms with Crippen LogP contribution in [0.3, 0.4) is 0 Å². The maximum Gasteiger partial charge on any atom is 0.249 e. The molecule has 1 aromatic carbocycles. The first-order chi connectivity index (χ1) is 15.5.